The summed E-state index contributed by atoms with van der Waals surface area (Å²) in [6.07, 6.45) is -0.273. The van der Waals surface area contributed by atoms with Crippen molar-refractivity contribution in [2.75, 3.05) is 33.0 Å². The molecule has 4 rings (SSSR count). The van der Waals surface area contributed by atoms with Crippen LogP contribution in [0.4, 0.5) is 13.2 Å². The first-order valence-electron chi connectivity index (χ1n) is 10.2. The average molecular weight is 413 g/mol. The molecule has 0 N–H and O–H groups in total. The molecule has 0 bridgehead atoms. The molecule has 8 heteroatoms. The highest BCUT2D eigenvalue weighted by atomic mass is 19.4. The molecule has 2 aliphatic heterocycles. The van der Waals surface area contributed by atoms with Crippen LogP contribution in [0, 0.1) is 0 Å². The lowest BCUT2D eigenvalue weighted by atomic mass is 9.71. The molecule has 2 heterocycles. The van der Waals surface area contributed by atoms with Gasteiger partial charge in [-0.25, -0.2) is 0 Å². The van der Waals surface area contributed by atoms with Gasteiger partial charge in [0.15, 0.2) is 11.5 Å². The zero-order chi connectivity index (χ0) is 20.6. The van der Waals surface area contributed by atoms with Gasteiger partial charge in [-0.3, -0.25) is 4.79 Å². The van der Waals surface area contributed by atoms with Crippen LogP contribution >= 0.6 is 0 Å². The smallest absolute Gasteiger partial charge is 0.411 e. The molecular formula is C21H26F3NO4. The molecule has 1 spiro atoms. The second kappa shape index (κ2) is 7.70. The lowest BCUT2D eigenvalue weighted by Gasteiger charge is -2.46. The lowest BCUT2D eigenvalue weighted by Crippen LogP contribution is -2.49. The summed E-state index contributed by atoms with van der Waals surface area (Å²) in [5.41, 5.74) is 2.15. The van der Waals surface area contributed by atoms with Crippen LogP contribution in [0.3, 0.4) is 0 Å². The topological polar surface area (TPSA) is 48.0 Å². The van der Waals surface area contributed by atoms with Crippen molar-refractivity contribution in [1.29, 1.82) is 0 Å². The van der Waals surface area contributed by atoms with E-state index in [9.17, 15) is 18.0 Å². The standard InChI is InChI=1S/C21H26F3NO4/c1-14-15-10-17-18(29-9-8-28-17)11-16(15)20(5-2-3-6-20)12-25(14)19(26)4-7-27-13-21(22,23)24/h10-11,14H,2-9,12-13H2,1H3. The minimum atomic E-state index is -4.38. The summed E-state index contributed by atoms with van der Waals surface area (Å²) in [6.45, 7) is 2.00. The van der Waals surface area contributed by atoms with Crippen LogP contribution in [-0.4, -0.2) is 50.0 Å². The Morgan fingerprint density at radius 2 is 1.86 bits per heavy atom. The largest absolute Gasteiger partial charge is 0.486 e. The molecule has 29 heavy (non-hydrogen) atoms. The van der Waals surface area contributed by atoms with Crippen molar-refractivity contribution >= 4 is 5.91 Å². The molecule has 0 radical (unpaired) electrons. The van der Waals surface area contributed by atoms with E-state index >= 15 is 0 Å². The molecular weight excluding hydrogens is 387 g/mol. The van der Waals surface area contributed by atoms with Crippen molar-refractivity contribution < 1.29 is 32.2 Å². The van der Waals surface area contributed by atoms with Gasteiger partial charge in [-0.15, -0.1) is 0 Å². The van der Waals surface area contributed by atoms with E-state index in [1.807, 2.05) is 13.0 Å². The molecule has 160 valence electrons. The third kappa shape index (κ3) is 4.04. The molecule has 1 aromatic rings. The summed E-state index contributed by atoms with van der Waals surface area (Å²) in [4.78, 5) is 14.7. The predicted molar refractivity (Wildman–Crippen MR) is 99.2 cm³/mol. The highest BCUT2D eigenvalue weighted by molar-refractivity contribution is 5.78. The van der Waals surface area contributed by atoms with Gasteiger partial charge in [-0.1, -0.05) is 12.8 Å². The Labute approximate surface area is 168 Å². The molecule has 1 aliphatic carbocycles. The van der Waals surface area contributed by atoms with Gasteiger partial charge in [-0.05, 0) is 43.0 Å². The van der Waals surface area contributed by atoms with Crippen LogP contribution < -0.4 is 9.47 Å². The van der Waals surface area contributed by atoms with Crippen LogP contribution in [-0.2, 0) is 14.9 Å². The molecule has 3 aliphatic rings. The number of carbonyl (C=O) groups excluding carboxylic acids is 1. The highest BCUT2D eigenvalue weighted by Gasteiger charge is 2.46. The Morgan fingerprint density at radius 3 is 2.52 bits per heavy atom. The number of benzene rings is 1. The van der Waals surface area contributed by atoms with Crippen molar-refractivity contribution in [3.8, 4) is 11.5 Å². The monoisotopic (exact) mass is 413 g/mol. The first-order valence-corrected chi connectivity index (χ1v) is 10.2. The summed E-state index contributed by atoms with van der Waals surface area (Å²) in [6, 6.07) is 3.89. The van der Waals surface area contributed by atoms with Crippen LogP contribution in [0.1, 0.15) is 56.2 Å². The van der Waals surface area contributed by atoms with Crippen LogP contribution in [0.2, 0.25) is 0 Å². The predicted octanol–water partition coefficient (Wildman–Crippen LogP) is 4.14. The number of hydrogen-bond donors (Lipinski definition) is 0. The van der Waals surface area contributed by atoms with E-state index in [0.717, 1.165) is 37.0 Å². The third-order valence-electron chi connectivity index (χ3n) is 6.28. The van der Waals surface area contributed by atoms with Crippen molar-refractivity contribution in [3.63, 3.8) is 0 Å². The van der Waals surface area contributed by atoms with Crippen LogP contribution in [0.15, 0.2) is 12.1 Å². The molecule has 1 saturated carbocycles. The van der Waals surface area contributed by atoms with E-state index in [2.05, 4.69) is 10.8 Å². The number of halogens is 3. The maximum Gasteiger partial charge on any atom is 0.411 e. The molecule has 1 fully saturated rings. The molecule has 0 aromatic heterocycles. The number of nitrogens with zero attached hydrogens (tertiary/aromatic N) is 1. The SMILES string of the molecule is CC1c2cc3c(cc2C2(CCCC2)CN1C(=O)CCOCC(F)(F)F)OCCO3. The second-order valence-corrected chi connectivity index (χ2v) is 8.19. The Bertz CT molecular complexity index is 774. The van der Waals surface area contributed by atoms with Crippen molar-refractivity contribution in [2.45, 2.75) is 56.7 Å². The van der Waals surface area contributed by atoms with Gasteiger partial charge in [0.25, 0.3) is 0 Å². The van der Waals surface area contributed by atoms with Gasteiger partial charge >= 0.3 is 6.18 Å². The molecule has 1 unspecified atom stereocenters. The minimum absolute atomic E-state index is 0.0591. The van der Waals surface area contributed by atoms with E-state index in [0.29, 0.717) is 25.5 Å². The van der Waals surface area contributed by atoms with Crippen LogP contribution in [0.5, 0.6) is 11.5 Å². The van der Waals surface area contributed by atoms with Gasteiger partial charge < -0.3 is 19.1 Å². The highest BCUT2D eigenvalue weighted by Crippen LogP contribution is 2.52. The zero-order valence-corrected chi connectivity index (χ0v) is 16.5. The number of amides is 1. The van der Waals surface area contributed by atoms with Crippen LogP contribution in [0.25, 0.3) is 0 Å². The number of carbonyl (C=O) groups is 1. The number of rotatable bonds is 4. The fraction of sp³-hybridized carbons (Fsp3) is 0.667. The van der Waals surface area contributed by atoms with Gasteiger partial charge in [0.1, 0.15) is 19.8 Å². The van der Waals surface area contributed by atoms with Crippen molar-refractivity contribution in [3.05, 3.63) is 23.3 Å². The van der Waals surface area contributed by atoms with Crippen molar-refractivity contribution in [2.24, 2.45) is 0 Å². The molecule has 1 amide bonds. The van der Waals surface area contributed by atoms with E-state index < -0.39 is 12.8 Å². The maximum absolute atomic E-state index is 12.9. The summed E-state index contributed by atoms with van der Waals surface area (Å²) >= 11 is 0. The molecule has 5 nitrogen and oxygen atoms in total. The average Bonchev–Trinajstić information content (AvgIpc) is 3.15. The van der Waals surface area contributed by atoms with E-state index in [1.165, 1.54) is 5.56 Å². The fourth-order valence-electron chi connectivity index (χ4n) is 4.90. The van der Waals surface area contributed by atoms with Crippen molar-refractivity contribution in [1.82, 2.24) is 4.90 Å². The van der Waals surface area contributed by atoms with Gasteiger partial charge in [0.2, 0.25) is 5.91 Å². The second-order valence-electron chi connectivity index (χ2n) is 8.19. The Morgan fingerprint density at radius 1 is 1.21 bits per heavy atom. The summed E-state index contributed by atoms with van der Waals surface area (Å²) < 4.78 is 52.9. The molecule has 0 saturated heterocycles. The van der Waals surface area contributed by atoms with E-state index in [4.69, 9.17) is 9.47 Å². The van der Waals surface area contributed by atoms with Gasteiger partial charge in [0.05, 0.1) is 19.1 Å². The summed E-state index contributed by atoms with van der Waals surface area (Å²) in [5.74, 6) is 1.28. The number of ether oxygens (including phenoxy) is 3. The zero-order valence-electron chi connectivity index (χ0n) is 16.5. The first-order chi connectivity index (χ1) is 13.8. The number of hydrogen-bond acceptors (Lipinski definition) is 4. The van der Waals surface area contributed by atoms with E-state index in [1.54, 1.807) is 4.90 Å². The minimum Gasteiger partial charge on any atom is -0.486 e. The molecule has 1 aromatic carbocycles. The third-order valence-corrected chi connectivity index (χ3v) is 6.28. The molecule has 1 atom stereocenters. The number of fused-ring (bicyclic) bond motifs is 3. The lowest BCUT2D eigenvalue weighted by molar-refractivity contribution is -0.175. The Kier molecular flexibility index (Phi) is 5.40. The summed E-state index contributed by atoms with van der Waals surface area (Å²) in [7, 11) is 0. The van der Waals surface area contributed by atoms with Gasteiger partial charge in [-0.2, -0.15) is 13.2 Å². The first kappa shape index (κ1) is 20.3. The Balaban J connectivity index is 1.56. The van der Waals surface area contributed by atoms with E-state index in [-0.39, 0.29) is 30.4 Å². The summed E-state index contributed by atoms with van der Waals surface area (Å²) in [5, 5.41) is 0. The van der Waals surface area contributed by atoms with Gasteiger partial charge in [0, 0.05) is 12.0 Å². The normalized spacial score (nSPS) is 22.6. The Hall–Kier alpha value is -1.96. The fourth-order valence-corrected chi connectivity index (χ4v) is 4.90. The number of alkyl halides is 3. The quantitative estimate of drug-likeness (QED) is 0.696. The maximum atomic E-state index is 12.9.